The summed E-state index contributed by atoms with van der Waals surface area (Å²) in [7, 11) is 1.57. The Labute approximate surface area is 192 Å². The van der Waals surface area contributed by atoms with Crippen LogP contribution in [-0.2, 0) is 14.3 Å². The number of methoxy groups -OCH3 is 1. The first-order valence-electron chi connectivity index (χ1n) is 10.6. The van der Waals surface area contributed by atoms with Crippen molar-refractivity contribution < 1.29 is 23.8 Å². The average molecular weight is 447 g/mol. The molecule has 2 heterocycles. The summed E-state index contributed by atoms with van der Waals surface area (Å²) in [5.41, 5.74) is 1.40. The number of esters is 1. The van der Waals surface area contributed by atoms with E-state index in [2.05, 4.69) is 15.2 Å². The number of morpholine rings is 1. The van der Waals surface area contributed by atoms with Crippen LogP contribution >= 0.6 is 0 Å². The van der Waals surface area contributed by atoms with E-state index >= 15 is 0 Å². The van der Waals surface area contributed by atoms with Crippen molar-refractivity contribution in [2.24, 2.45) is 0 Å². The van der Waals surface area contributed by atoms with E-state index in [1.807, 2.05) is 6.07 Å². The predicted octanol–water partition coefficient (Wildman–Crippen LogP) is 3.46. The zero-order valence-electron chi connectivity index (χ0n) is 18.3. The zero-order chi connectivity index (χ0) is 23.0. The van der Waals surface area contributed by atoms with Crippen LogP contribution in [-0.4, -0.2) is 50.3 Å². The third kappa shape index (κ3) is 5.67. The molecule has 1 N–H and O–H groups in total. The molecule has 4 rings (SSSR count). The Morgan fingerprint density at radius 3 is 2.36 bits per heavy atom. The van der Waals surface area contributed by atoms with Gasteiger partial charge in [-0.1, -0.05) is 30.3 Å². The number of carbonyl (C=O) groups excluding carboxylic acids is 2. The second-order valence-electron chi connectivity index (χ2n) is 7.42. The molecule has 1 aromatic heterocycles. The van der Waals surface area contributed by atoms with Gasteiger partial charge < -0.3 is 24.4 Å². The monoisotopic (exact) mass is 447 g/mol. The second kappa shape index (κ2) is 10.6. The van der Waals surface area contributed by atoms with Gasteiger partial charge in [0.05, 0.1) is 25.9 Å². The summed E-state index contributed by atoms with van der Waals surface area (Å²) in [6, 6.07) is 19.2. The number of anilines is 2. The Morgan fingerprint density at radius 1 is 1.00 bits per heavy atom. The van der Waals surface area contributed by atoms with Crippen LogP contribution in [0.5, 0.6) is 5.75 Å². The number of pyridine rings is 1. The molecule has 8 nitrogen and oxygen atoms in total. The molecule has 1 saturated heterocycles. The van der Waals surface area contributed by atoms with E-state index in [1.54, 1.807) is 67.8 Å². The van der Waals surface area contributed by atoms with Gasteiger partial charge in [-0.3, -0.25) is 4.79 Å². The van der Waals surface area contributed by atoms with Crippen LogP contribution in [0, 0.1) is 0 Å². The lowest BCUT2D eigenvalue weighted by Gasteiger charge is -2.27. The Morgan fingerprint density at radius 2 is 1.73 bits per heavy atom. The molecule has 0 spiro atoms. The summed E-state index contributed by atoms with van der Waals surface area (Å²) in [5, 5.41) is 2.79. The fraction of sp³-hybridized carbons (Fsp3) is 0.240. The summed E-state index contributed by atoms with van der Waals surface area (Å²) in [6.45, 7) is 2.79. The van der Waals surface area contributed by atoms with Gasteiger partial charge in [-0.05, 0) is 36.4 Å². The summed E-state index contributed by atoms with van der Waals surface area (Å²) in [4.78, 5) is 32.4. The van der Waals surface area contributed by atoms with Crippen molar-refractivity contribution in [1.29, 1.82) is 0 Å². The Balaban J connectivity index is 1.48. The molecule has 0 saturated carbocycles. The molecule has 0 bridgehead atoms. The Bertz CT molecular complexity index is 1070. The zero-order valence-corrected chi connectivity index (χ0v) is 18.3. The Kier molecular flexibility index (Phi) is 7.16. The first-order chi connectivity index (χ1) is 16.1. The van der Waals surface area contributed by atoms with Crippen LogP contribution in [0.1, 0.15) is 22.0 Å². The number of carbonyl (C=O) groups is 2. The topological polar surface area (TPSA) is 90.0 Å². The highest BCUT2D eigenvalue weighted by atomic mass is 16.5. The highest BCUT2D eigenvalue weighted by molar-refractivity contribution is 5.98. The molecular weight excluding hydrogens is 422 g/mol. The van der Waals surface area contributed by atoms with Gasteiger partial charge in [0, 0.05) is 30.5 Å². The molecule has 0 unspecified atom stereocenters. The highest BCUT2D eigenvalue weighted by Crippen LogP contribution is 2.23. The van der Waals surface area contributed by atoms with Gasteiger partial charge >= 0.3 is 5.97 Å². The van der Waals surface area contributed by atoms with Crippen LogP contribution in [0.4, 0.5) is 11.5 Å². The van der Waals surface area contributed by atoms with Crippen LogP contribution in [0.3, 0.4) is 0 Å². The molecule has 3 aromatic rings. The van der Waals surface area contributed by atoms with Gasteiger partial charge in [-0.25, -0.2) is 9.78 Å². The average Bonchev–Trinajstić information content (AvgIpc) is 2.88. The van der Waals surface area contributed by atoms with Crippen molar-refractivity contribution in [3.05, 3.63) is 84.1 Å². The van der Waals surface area contributed by atoms with E-state index in [-0.39, 0.29) is 5.56 Å². The van der Waals surface area contributed by atoms with Gasteiger partial charge in [-0.15, -0.1) is 0 Å². The molecular formula is C25H25N3O5. The number of hydrogen-bond acceptors (Lipinski definition) is 7. The number of benzene rings is 2. The second-order valence-corrected chi connectivity index (χ2v) is 7.42. The maximum absolute atomic E-state index is 13.0. The highest BCUT2D eigenvalue weighted by Gasteiger charge is 2.26. The van der Waals surface area contributed by atoms with Crippen LogP contribution in [0.25, 0.3) is 0 Å². The van der Waals surface area contributed by atoms with E-state index in [0.717, 1.165) is 18.9 Å². The molecule has 2 aromatic carbocycles. The molecule has 0 aliphatic carbocycles. The minimum Gasteiger partial charge on any atom is -0.497 e. The van der Waals surface area contributed by atoms with Crippen molar-refractivity contribution >= 4 is 23.4 Å². The van der Waals surface area contributed by atoms with E-state index in [9.17, 15) is 9.59 Å². The standard InChI is InChI=1S/C25H25N3O5/c1-31-21-10-8-20(9-11-21)27-24(29)23(18-5-3-2-4-6-18)33-25(30)19-7-12-22(26-17-19)28-13-15-32-16-14-28/h2-12,17,23H,13-16H2,1H3,(H,27,29)/t23-/m0/s1. The first kappa shape index (κ1) is 22.3. The number of aromatic nitrogens is 1. The van der Waals surface area contributed by atoms with Gasteiger partial charge in [0.15, 0.2) is 0 Å². The quantitative estimate of drug-likeness (QED) is 0.555. The predicted molar refractivity (Wildman–Crippen MR) is 123 cm³/mol. The van der Waals surface area contributed by atoms with Gasteiger partial charge in [0.2, 0.25) is 6.10 Å². The van der Waals surface area contributed by atoms with E-state index < -0.39 is 18.0 Å². The molecule has 33 heavy (non-hydrogen) atoms. The number of ether oxygens (including phenoxy) is 3. The third-order valence-electron chi connectivity index (χ3n) is 5.24. The Hall–Kier alpha value is -3.91. The molecule has 1 fully saturated rings. The summed E-state index contributed by atoms with van der Waals surface area (Å²) in [6.07, 6.45) is 0.344. The number of hydrogen-bond donors (Lipinski definition) is 1. The maximum Gasteiger partial charge on any atom is 0.340 e. The first-order valence-corrected chi connectivity index (χ1v) is 10.6. The lowest BCUT2D eigenvalue weighted by Crippen LogP contribution is -2.36. The summed E-state index contributed by atoms with van der Waals surface area (Å²) >= 11 is 0. The van der Waals surface area contributed by atoms with Crippen molar-refractivity contribution in [3.8, 4) is 5.75 Å². The number of amides is 1. The maximum atomic E-state index is 13.0. The number of nitrogens with one attached hydrogen (secondary N) is 1. The van der Waals surface area contributed by atoms with E-state index in [4.69, 9.17) is 14.2 Å². The molecule has 8 heteroatoms. The lowest BCUT2D eigenvalue weighted by molar-refractivity contribution is -0.125. The van der Waals surface area contributed by atoms with Crippen LogP contribution < -0.4 is 15.0 Å². The van der Waals surface area contributed by atoms with Crippen LogP contribution in [0.2, 0.25) is 0 Å². The van der Waals surface area contributed by atoms with Gasteiger partial charge in [-0.2, -0.15) is 0 Å². The largest absolute Gasteiger partial charge is 0.497 e. The van der Waals surface area contributed by atoms with Crippen molar-refractivity contribution in [2.75, 3.05) is 43.6 Å². The van der Waals surface area contributed by atoms with E-state index in [0.29, 0.717) is 30.2 Å². The van der Waals surface area contributed by atoms with Crippen molar-refractivity contribution in [1.82, 2.24) is 4.98 Å². The molecule has 1 atom stereocenters. The molecule has 170 valence electrons. The third-order valence-corrected chi connectivity index (χ3v) is 5.24. The van der Waals surface area contributed by atoms with Crippen molar-refractivity contribution in [3.63, 3.8) is 0 Å². The molecule has 0 radical (unpaired) electrons. The molecule has 1 amide bonds. The molecule has 1 aliphatic heterocycles. The van der Waals surface area contributed by atoms with Gasteiger partial charge in [0.1, 0.15) is 11.6 Å². The number of rotatable bonds is 7. The smallest absolute Gasteiger partial charge is 0.340 e. The minimum atomic E-state index is -1.13. The lowest BCUT2D eigenvalue weighted by atomic mass is 10.1. The minimum absolute atomic E-state index is 0.269. The summed E-state index contributed by atoms with van der Waals surface area (Å²) in [5.74, 6) is 0.353. The summed E-state index contributed by atoms with van der Waals surface area (Å²) < 4.78 is 16.1. The SMILES string of the molecule is COc1ccc(NC(=O)[C@@H](OC(=O)c2ccc(N3CCOCC3)nc2)c2ccccc2)cc1. The number of nitrogens with zero attached hydrogens (tertiary/aromatic N) is 2. The fourth-order valence-corrected chi connectivity index (χ4v) is 3.44. The van der Waals surface area contributed by atoms with Gasteiger partial charge in [0.25, 0.3) is 5.91 Å². The van der Waals surface area contributed by atoms with E-state index in [1.165, 1.54) is 6.20 Å². The fourth-order valence-electron chi connectivity index (χ4n) is 3.44. The normalized spacial score (nSPS) is 14.3. The van der Waals surface area contributed by atoms with Crippen molar-refractivity contribution in [2.45, 2.75) is 6.10 Å². The van der Waals surface area contributed by atoms with Crippen LogP contribution in [0.15, 0.2) is 72.9 Å². The molecule has 1 aliphatic rings.